The molecule has 0 saturated carbocycles. The SMILES string of the molecule is CCCON(CCC)C(=O)CN1C[C@H](c2cc(CO)c3c(c2)OCO3)[C@@H](C(=O)O)[C@@H]1CCN(CCC)C(=O)N(C)C. The van der Waals surface area contributed by atoms with Gasteiger partial charge >= 0.3 is 12.0 Å². The van der Waals surface area contributed by atoms with Crippen LogP contribution < -0.4 is 9.47 Å². The van der Waals surface area contributed by atoms with E-state index in [1.807, 2.05) is 25.7 Å². The molecule has 41 heavy (non-hydrogen) atoms. The number of aliphatic carboxylic acids is 1. The number of rotatable bonds is 15. The minimum Gasteiger partial charge on any atom is -0.481 e. The van der Waals surface area contributed by atoms with E-state index in [-0.39, 0.29) is 31.9 Å². The molecule has 1 aromatic carbocycles. The van der Waals surface area contributed by atoms with E-state index in [9.17, 15) is 24.6 Å². The Kier molecular flexibility index (Phi) is 12.0. The number of benzene rings is 1. The smallest absolute Gasteiger partial charge is 0.319 e. The molecular weight excluding hydrogens is 532 g/mol. The predicted octanol–water partition coefficient (Wildman–Crippen LogP) is 2.74. The lowest BCUT2D eigenvalue weighted by molar-refractivity contribution is -0.188. The van der Waals surface area contributed by atoms with Crippen LogP contribution in [0.4, 0.5) is 4.79 Å². The van der Waals surface area contributed by atoms with Crippen molar-refractivity contribution >= 4 is 17.9 Å². The molecule has 0 bridgehead atoms. The molecule has 2 aliphatic rings. The van der Waals surface area contributed by atoms with Gasteiger partial charge in [0.2, 0.25) is 6.79 Å². The number of likely N-dealkylation sites (tertiary alicyclic amines) is 1. The highest BCUT2D eigenvalue weighted by atomic mass is 16.7. The number of aliphatic hydroxyl groups is 1. The van der Waals surface area contributed by atoms with Gasteiger partial charge in [-0.1, -0.05) is 20.8 Å². The fraction of sp³-hybridized carbons (Fsp3) is 0.690. The number of urea groups is 1. The Balaban J connectivity index is 1.96. The van der Waals surface area contributed by atoms with Gasteiger partial charge in [0, 0.05) is 57.8 Å². The molecule has 0 aromatic heterocycles. The van der Waals surface area contributed by atoms with Crippen LogP contribution in [-0.2, 0) is 21.0 Å². The van der Waals surface area contributed by atoms with Gasteiger partial charge in [0.15, 0.2) is 11.5 Å². The zero-order valence-electron chi connectivity index (χ0n) is 25.0. The summed E-state index contributed by atoms with van der Waals surface area (Å²) < 4.78 is 11.1. The van der Waals surface area contributed by atoms with Gasteiger partial charge in [-0.05, 0) is 43.4 Å². The van der Waals surface area contributed by atoms with Crippen LogP contribution in [0.3, 0.4) is 0 Å². The molecule has 2 N–H and O–H groups in total. The van der Waals surface area contributed by atoms with Crippen LogP contribution in [-0.4, -0.2) is 114 Å². The van der Waals surface area contributed by atoms with E-state index in [0.29, 0.717) is 61.8 Å². The van der Waals surface area contributed by atoms with Gasteiger partial charge in [-0.25, -0.2) is 9.86 Å². The van der Waals surface area contributed by atoms with Crippen molar-refractivity contribution in [2.45, 2.75) is 65.0 Å². The van der Waals surface area contributed by atoms with Gasteiger partial charge in [-0.2, -0.15) is 0 Å². The molecule has 1 aromatic rings. The van der Waals surface area contributed by atoms with Crippen molar-refractivity contribution in [3.05, 3.63) is 23.3 Å². The molecule has 12 heteroatoms. The van der Waals surface area contributed by atoms with Gasteiger partial charge in [-0.15, -0.1) is 0 Å². The van der Waals surface area contributed by atoms with Crippen LogP contribution in [0.1, 0.15) is 63.5 Å². The lowest BCUT2D eigenvalue weighted by atomic mass is 9.83. The van der Waals surface area contributed by atoms with Crippen LogP contribution >= 0.6 is 0 Å². The van der Waals surface area contributed by atoms with Gasteiger partial charge in [0.05, 0.1) is 25.7 Å². The summed E-state index contributed by atoms with van der Waals surface area (Å²) in [6.07, 6.45) is 2.62. The average molecular weight is 579 g/mol. The summed E-state index contributed by atoms with van der Waals surface area (Å²) >= 11 is 0. The normalized spacial score (nSPS) is 19.8. The minimum atomic E-state index is -0.980. The first-order valence-electron chi connectivity index (χ1n) is 14.6. The maximum absolute atomic E-state index is 13.4. The van der Waals surface area contributed by atoms with Gasteiger partial charge in [-0.3, -0.25) is 19.3 Å². The number of fused-ring (bicyclic) bond motifs is 1. The van der Waals surface area contributed by atoms with Crippen LogP contribution in [0, 0.1) is 5.92 Å². The second-order valence-electron chi connectivity index (χ2n) is 10.8. The van der Waals surface area contributed by atoms with E-state index in [0.717, 1.165) is 19.3 Å². The Morgan fingerprint density at radius 2 is 1.78 bits per heavy atom. The second-order valence-corrected chi connectivity index (χ2v) is 10.8. The van der Waals surface area contributed by atoms with E-state index >= 15 is 0 Å². The summed E-state index contributed by atoms with van der Waals surface area (Å²) in [5.41, 5.74) is 1.23. The van der Waals surface area contributed by atoms with Crippen molar-refractivity contribution < 1.29 is 38.9 Å². The molecule has 1 fully saturated rings. The first-order chi connectivity index (χ1) is 19.7. The molecular formula is C29H46N4O8. The van der Waals surface area contributed by atoms with Crippen LogP contribution in [0.2, 0.25) is 0 Å². The van der Waals surface area contributed by atoms with Crippen molar-refractivity contribution in [2.75, 3.05) is 60.2 Å². The second kappa shape index (κ2) is 15.2. The van der Waals surface area contributed by atoms with E-state index in [1.165, 1.54) is 9.96 Å². The number of aliphatic hydroxyl groups excluding tert-OH is 1. The number of carbonyl (C=O) groups is 3. The molecule has 0 spiro atoms. The van der Waals surface area contributed by atoms with Crippen LogP contribution in [0.25, 0.3) is 0 Å². The first kappa shape index (κ1) is 32.4. The Labute approximate surface area is 242 Å². The number of ether oxygens (including phenoxy) is 2. The number of nitrogens with zero attached hydrogens (tertiary/aromatic N) is 4. The number of hydrogen-bond acceptors (Lipinski definition) is 8. The molecule has 3 rings (SSSR count). The van der Waals surface area contributed by atoms with Crippen LogP contribution in [0.5, 0.6) is 11.5 Å². The molecule has 3 amide bonds. The highest BCUT2D eigenvalue weighted by Crippen LogP contribution is 2.44. The standard InChI is InChI=1S/C29H46N4O8/c1-6-10-31(29(38)30(4)5)12-9-23-26(28(36)37)22(20-14-21(18-34)27-24(15-20)39-19-40-27)16-32(23)17-25(35)33(11-7-2)41-13-8-3/h14-15,22-23,26,34H,6-13,16-19H2,1-5H3,(H,36,37)/t22-,23+,26-/m1/s1. The summed E-state index contributed by atoms with van der Waals surface area (Å²) in [7, 11) is 3.39. The van der Waals surface area contributed by atoms with E-state index in [4.69, 9.17) is 14.3 Å². The molecule has 0 radical (unpaired) electrons. The van der Waals surface area contributed by atoms with Gasteiger partial charge in [0.25, 0.3) is 5.91 Å². The molecule has 12 nitrogen and oxygen atoms in total. The Morgan fingerprint density at radius 3 is 2.39 bits per heavy atom. The summed E-state index contributed by atoms with van der Waals surface area (Å²) in [4.78, 5) is 50.0. The van der Waals surface area contributed by atoms with E-state index < -0.39 is 23.8 Å². The van der Waals surface area contributed by atoms with Gasteiger partial charge < -0.3 is 29.5 Å². The lowest BCUT2D eigenvalue weighted by Gasteiger charge is -2.32. The molecule has 230 valence electrons. The number of carboxylic acid groups (broad SMARTS) is 1. The average Bonchev–Trinajstić information content (AvgIpc) is 3.57. The highest BCUT2D eigenvalue weighted by Gasteiger charge is 2.47. The Bertz CT molecular complexity index is 1050. The van der Waals surface area contributed by atoms with Crippen LogP contribution in [0.15, 0.2) is 12.1 Å². The summed E-state index contributed by atoms with van der Waals surface area (Å²) in [6.45, 7) is 7.71. The quantitative estimate of drug-likeness (QED) is 0.302. The zero-order valence-corrected chi connectivity index (χ0v) is 25.0. The van der Waals surface area contributed by atoms with E-state index in [1.54, 1.807) is 31.1 Å². The first-order valence-corrected chi connectivity index (χ1v) is 14.6. The van der Waals surface area contributed by atoms with Crippen molar-refractivity contribution in [1.29, 1.82) is 0 Å². The minimum absolute atomic E-state index is 0.0124. The Morgan fingerprint density at radius 1 is 1.05 bits per heavy atom. The number of hydrogen-bond donors (Lipinski definition) is 2. The molecule has 2 aliphatic heterocycles. The van der Waals surface area contributed by atoms with Crippen molar-refractivity contribution in [3.8, 4) is 11.5 Å². The molecule has 2 heterocycles. The largest absolute Gasteiger partial charge is 0.481 e. The zero-order chi connectivity index (χ0) is 30.1. The molecule has 0 aliphatic carbocycles. The van der Waals surface area contributed by atoms with E-state index in [2.05, 4.69) is 0 Å². The number of hydroxylamine groups is 2. The lowest BCUT2D eigenvalue weighted by Crippen LogP contribution is -2.47. The third-order valence-electron chi connectivity index (χ3n) is 7.54. The maximum atomic E-state index is 13.4. The number of carboxylic acids is 1. The van der Waals surface area contributed by atoms with Gasteiger partial charge in [0.1, 0.15) is 0 Å². The summed E-state index contributed by atoms with van der Waals surface area (Å²) in [5.74, 6) is -1.62. The maximum Gasteiger partial charge on any atom is 0.319 e. The van der Waals surface area contributed by atoms with Crippen molar-refractivity contribution in [1.82, 2.24) is 19.8 Å². The third kappa shape index (κ3) is 7.81. The highest BCUT2D eigenvalue weighted by molar-refractivity contribution is 5.78. The summed E-state index contributed by atoms with van der Waals surface area (Å²) in [6, 6.07) is 2.88. The molecule has 0 unspecified atom stereocenters. The number of carbonyl (C=O) groups excluding carboxylic acids is 2. The molecule has 3 atom stereocenters. The van der Waals surface area contributed by atoms with Crippen molar-refractivity contribution in [3.63, 3.8) is 0 Å². The Hall–Kier alpha value is -3.09. The van der Waals surface area contributed by atoms with Crippen molar-refractivity contribution in [2.24, 2.45) is 5.92 Å². The fourth-order valence-corrected chi connectivity index (χ4v) is 5.69. The topological polar surface area (TPSA) is 132 Å². The fourth-order valence-electron chi connectivity index (χ4n) is 5.69. The third-order valence-corrected chi connectivity index (χ3v) is 7.54. The molecule has 1 saturated heterocycles. The predicted molar refractivity (Wildman–Crippen MR) is 152 cm³/mol. The number of amides is 3. The summed E-state index contributed by atoms with van der Waals surface area (Å²) in [5, 5.41) is 21.9. The monoisotopic (exact) mass is 578 g/mol.